The minimum absolute atomic E-state index is 0.232. The maximum atomic E-state index is 12.4. The average Bonchev–Trinajstić information content (AvgIpc) is 2.47. The van der Waals surface area contributed by atoms with Crippen LogP contribution in [-0.2, 0) is 13.0 Å². The van der Waals surface area contributed by atoms with Crippen molar-refractivity contribution >= 4 is 11.5 Å². The summed E-state index contributed by atoms with van der Waals surface area (Å²) in [6, 6.07) is 13.9. The van der Waals surface area contributed by atoms with Gasteiger partial charge in [-0.1, -0.05) is 42.5 Å². The first-order chi connectivity index (χ1) is 9.63. The van der Waals surface area contributed by atoms with Crippen molar-refractivity contribution in [3.63, 3.8) is 0 Å². The third kappa shape index (κ3) is 3.04. The van der Waals surface area contributed by atoms with Gasteiger partial charge >= 0.3 is 0 Å². The molecule has 0 saturated heterocycles. The molecule has 0 heterocycles. The molecule has 2 rings (SSSR count). The minimum atomic E-state index is -0.674. The first kappa shape index (κ1) is 14.2. The number of aliphatic hydroxyl groups is 1. The fourth-order valence-electron chi connectivity index (χ4n) is 2.20. The van der Waals surface area contributed by atoms with Crippen molar-refractivity contribution in [1.82, 2.24) is 0 Å². The van der Waals surface area contributed by atoms with Crippen LogP contribution in [0.3, 0.4) is 0 Å². The quantitative estimate of drug-likeness (QED) is 0.567. The molecular weight excluding hydrogens is 252 g/mol. The van der Waals surface area contributed by atoms with Gasteiger partial charge in [-0.3, -0.25) is 4.79 Å². The largest absolute Gasteiger partial charge is 0.398 e. The molecule has 0 spiro atoms. The number of anilines is 1. The molecule has 5 N–H and O–H groups in total. The van der Waals surface area contributed by atoms with E-state index in [1.807, 2.05) is 30.3 Å². The standard InChI is InChI=1S/C16H18N2O2/c17-13-8-4-7-12(10-19)15(13)16(20)14(18)9-11-5-2-1-3-6-11/h1-8,14,19H,9-10,17-18H2. The summed E-state index contributed by atoms with van der Waals surface area (Å²) in [5.74, 6) is -0.240. The Bertz CT molecular complexity index is 597. The lowest BCUT2D eigenvalue weighted by Crippen LogP contribution is -2.34. The van der Waals surface area contributed by atoms with Gasteiger partial charge in [-0.2, -0.15) is 0 Å². The van der Waals surface area contributed by atoms with Crippen molar-refractivity contribution in [1.29, 1.82) is 0 Å². The molecule has 4 heteroatoms. The molecule has 0 aliphatic heterocycles. The van der Waals surface area contributed by atoms with Crippen LogP contribution in [0.2, 0.25) is 0 Å². The van der Waals surface area contributed by atoms with E-state index in [1.165, 1.54) is 0 Å². The maximum Gasteiger partial charge on any atom is 0.182 e. The molecule has 1 atom stereocenters. The molecule has 0 aliphatic rings. The van der Waals surface area contributed by atoms with Gasteiger partial charge in [-0.25, -0.2) is 0 Å². The predicted molar refractivity (Wildman–Crippen MR) is 79.2 cm³/mol. The zero-order chi connectivity index (χ0) is 14.5. The van der Waals surface area contributed by atoms with Gasteiger partial charge in [0.25, 0.3) is 0 Å². The van der Waals surface area contributed by atoms with Crippen LogP contribution in [0.5, 0.6) is 0 Å². The minimum Gasteiger partial charge on any atom is -0.398 e. The Morgan fingerprint density at radius 3 is 2.45 bits per heavy atom. The van der Waals surface area contributed by atoms with Crippen LogP contribution < -0.4 is 11.5 Å². The lowest BCUT2D eigenvalue weighted by atomic mass is 9.94. The zero-order valence-electron chi connectivity index (χ0n) is 11.1. The first-order valence-electron chi connectivity index (χ1n) is 6.45. The summed E-state index contributed by atoms with van der Waals surface area (Å²) in [6.07, 6.45) is 0.443. The number of hydrogen-bond acceptors (Lipinski definition) is 4. The van der Waals surface area contributed by atoms with E-state index < -0.39 is 6.04 Å². The molecule has 0 aliphatic carbocycles. The van der Waals surface area contributed by atoms with Crippen molar-refractivity contribution in [3.8, 4) is 0 Å². The van der Waals surface area contributed by atoms with Gasteiger partial charge in [0.2, 0.25) is 0 Å². The average molecular weight is 270 g/mol. The summed E-state index contributed by atoms with van der Waals surface area (Å²) >= 11 is 0. The van der Waals surface area contributed by atoms with Gasteiger partial charge < -0.3 is 16.6 Å². The fraction of sp³-hybridized carbons (Fsp3) is 0.188. The highest BCUT2D eigenvalue weighted by Gasteiger charge is 2.21. The number of hydrogen-bond donors (Lipinski definition) is 3. The molecule has 4 nitrogen and oxygen atoms in total. The molecule has 104 valence electrons. The van der Waals surface area contributed by atoms with E-state index in [9.17, 15) is 9.90 Å². The van der Waals surface area contributed by atoms with Crippen LogP contribution >= 0.6 is 0 Å². The number of carbonyl (C=O) groups is 1. The topological polar surface area (TPSA) is 89.3 Å². The van der Waals surface area contributed by atoms with Crippen molar-refractivity contribution in [2.75, 3.05) is 5.73 Å². The Morgan fingerprint density at radius 1 is 1.10 bits per heavy atom. The van der Waals surface area contributed by atoms with Gasteiger partial charge in [0.05, 0.1) is 12.6 Å². The Balaban J connectivity index is 2.23. The Kier molecular flexibility index (Phi) is 4.50. The molecule has 2 aromatic rings. The molecule has 0 aromatic heterocycles. The molecular formula is C16H18N2O2. The predicted octanol–water partition coefficient (Wildman–Crippen LogP) is 1.51. The van der Waals surface area contributed by atoms with E-state index in [0.29, 0.717) is 23.2 Å². The van der Waals surface area contributed by atoms with Gasteiger partial charge in [0.15, 0.2) is 5.78 Å². The number of nitrogens with two attached hydrogens (primary N) is 2. The number of benzene rings is 2. The van der Waals surface area contributed by atoms with Crippen molar-refractivity contribution < 1.29 is 9.90 Å². The molecule has 0 bridgehead atoms. The summed E-state index contributed by atoms with van der Waals surface area (Å²) in [5.41, 5.74) is 14.0. The number of Topliss-reactive ketones (excluding diaryl/α,β-unsaturated/α-hetero) is 1. The summed E-state index contributed by atoms with van der Waals surface area (Å²) in [7, 11) is 0. The Labute approximate surface area is 118 Å². The molecule has 0 amide bonds. The lowest BCUT2D eigenvalue weighted by Gasteiger charge is -2.15. The Morgan fingerprint density at radius 2 is 1.80 bits per heavy atom. The summed E-state index contributed by atoms with van der Waals surface area (Å²) < 4.78 is 0. The molecule has 20 heavy (non-hydrogen) atoms. The van der Waals surface area contributed by atoms with Gasteiger partial charge in [0.1, 0.15) is 0 Å². The van der Waals surface area contributed by atoms with Crippen LogP contribution in [0, 0.1) is 0 Å². The fourth-order valence-corrected chi connectivity index (χ4v) is 2.20. The zero-order valence-corrected chi connectivity index (χ0v) is 11.1. The normalized spacial score (nSPS) is 12.1. The number of carbonyl (C=O) groups excluding carboxylic acids is 1. The molecule has 1 unspecified atom stereocenters. The lowest BCUT2D eigenvalue weighted by molar-refractivity contribution is 0.0959. The number of ketones is 1. The third-order valence-electron chi connectivity index (χ3n) is 3.23. The highest BCUT2D eigenvalue weighted by Crippen LogP contribution is 2.20. The molecule has 0 fully saturated rings. The molecule has 0 saturated carbocycles. The van der Waals surface area contributed by atoms with E-state index in [0.717, 1.165) is 5.56 Å². The number of rotatable bonds is 5. The highest BCUT2D eigenvalue weighted by molar-refractivity contribution is 6.05. The van der Waals surface area contributed by atoms with Crippen LogP contribution in [-0.4, -0.2) is 16.9 Å². The van der Waals surface area contributed by atoms with Crippen LogP contribution in [0.1, 0.15) is 21.5 Å². The second-order valence-electron chi connectivity index (χ2n) is 4.70. The number of nitrogen functional groups attached to an aromatic ring is 1. The van der Waals surface area contributed by atoms with Crippen molar-refractivity contribution in [2.45, 2.75) is 19.1 Å². The second kappa shape index (κ2) is 6.32. The first-order valence-corrected chi connectivity index (χ1v) is 6.45. The van der Waals surface area contributed by atoms with Gasteiger partial charge in [-0.15, -0.1) is 0 Å². The van der Waals surface area contributed by atoms with Gasteiger partial charge in [0, 0.05) is 11.3 Å². The Hall–Kier alpha value is -2.17. The SMILES string of the molecule is Nc1cccc(CO)c1C(=O)C(N)Cc1ccccc1. The van der Waals surface area contributed by atoms with E-state index in [1.54, 1.807) is 18.2 Å². The monoisotopic (exact) mass is 270 g/mol. The second-order valence-corrected chi connectivity index (χ2v) is 4.70. The molecule has 0 radical (unpaired) electrons. The van der Waals surface area contributed by atoms with Crippen LogP contribution in [0.4, 0.5) is 5.69 Å². The van der Waals surface area contributed by atoms with Crippen LogP contribution in [0.25, 0.3) is 0 Å². The smallest absolute Gasteiger partial charge is 0.182 e. The third-order valence-corrected chi connectivity index (χ3v) is 3.23. The van der Waals surface area contributed by atoms with E-state index in [-0.39, 0.29) is 12.4 Å². The van der Waals surface area contributed by atoms with E-state index in [4.69, 9.17) is 11.5 Å². The van der Waals surface area contributed by atoms with Crippen molar-refractivity contribution in [2.24, 2.45) is 5.73 Å². The highest BCUT2D eigenvalue weighted by atomic mass is 16.3. The maximum absolute atomic E-state index is 12.4. The summed E-state index contributed by atoms with van der Waals surface area (Å²) in [5, 5.41) is 9.31. The van der Waals surface area contributed by atoms with Crippen LogP contribution in [0.15, 0.2) is 48.5 Å². The summed E-state index contributed by atoms with van der Waals surface area (Å²) in [6.45, 7) is -0.232. The molecule has 2 aromatic carbocycles. The van der Waals surface area contributed by atoms with Gasteiger partial charge in [-0.05, 0) is 23.6 Å². The van der Waals surface area contributed by atoms with E-state index in [2.05, 4.69) is 0 Å². The number of aliphatic hydroxyl groups excluding tert-OH is 1. The van der Waals surface area contributed by atoms with E-state index >= 15 is 0 Å². The van der Waals surface area contributed by atoms with Crippen molar-refractivity contribution in [3.05, 3.63) is 65.2 Å². The summed E-state index contributed by atoms with van der Waals surface area (Å²) in [4.78, 5) is 12.4.